The molecule has 0 saturated carbocycles. The van der Waals surface area contributed by atoms with E-state index in [1.807, 2.05) is 6.07 Å². The summed E-state index contributed by atoms with van der Waals surface area (Å²) in [6.07, 6.45) is 0. The van der Waals surface area contributed by atoms with Crippen molar-refractivity contribution in [2.45, 2.75) is 0 Å². The van der Waals surface area contributed by atoms with Gasteiger partial charge in [0.2, 0.25) is 0 Å². The summed E-state index contributed by atoms with van der Waals surface area (Å²) in [5.41, 5.74) is 1.08. The second-order valence-electron chi connectivity index (χ2n) is 4.08. The maximum absolute atomic E-state index is 12.1. The highest BCUT2D eigenvalue weighted by Crippen LogP contribution is 2.21. The van der Waals surface area contributed by atoms with Crippen LogP contribution >= 0.6 is 27.5 Å². The van der Waals surface area contributed by atoms with Crippen molar-refractivity contribution < 1.29 is 9.53 Å². The Morgan fingerprint density at radius 3 is 2.62 bits per heavy atom. The molecule has 0 fully saturated rings. The summed E-state index contributed by atoms with van der Waals surface area (Å²) >= 11 is 9.21. The number of hydrogen-bond acceptors (Lipinski definition) is 3. The highest BCUT2D eigenvalue weighted by atomic mass is 79.9. The van der Waals surface area contributed by atoms with Crippen molar-refractivity contribution in [2.24, 2.45) is 0 Å². The number of nitrogens with one attached hydrogen (secondary N) is 1. The smallest absolute Gasteiger partial charge is 0.255 e. The molecule has 1 N–H and O–H groups in total. The van der Waals surface area contributed by atoms with Crippen LogP contribution < -0.4 is 10.1 Å². The Morgan fingerprint density at radius 2 is 2.00 bits per heavy atom. The van der Waals surface area contributed by atoms with E-state index in [-0.39, 0.29) is 12.5 Å². The molecular weight excluding hydrogens is 356 g/mol. The van der Waals surface area contributed by atoms with Gasteiger partial charge in [0.25, 0.3) is 5.91 Å². The monoisotopic (exact) mass is 364 g/mol. The molecule has 0 spiro atoms. The average Bonchev–Trinajstić information content (AvgIpc) is 2.45. The number of benzene rings is 2. The van der Waals surface area contributed by atoms with Gasteiger partial charge in [-0.15, -0.1) is 0 Å². The van der Waals surface area contributed by atoms with Crippen LogP contribution in [-0.2, 0) is 0 Å². The number of ether oxygens (including phenoxy) is 1. The second-order valence-corrected chi connectivity index (χ2v) is 5.44. The molecule has 2 rings (SSSR count). The fourth-order valence-electron chi connectivity index (χ4n) is 1.64. The summed E-state index contributed by atoms with van der Waals surface area (Å²) in [5.74, 6) is 0.309. The first-order valence-electron chi connectivity index (χ1n) is 5.96. The molecular formula is C15H10BrClN2O2. The van der Waals surface area contributed by atoms with Crippen LogP contribution in [0.1, 0.15) is 10.4 Å². The maximum Gasteiger partial charge on any atom is 0.255 e. The molecule has 0 atom stereocenters. The number of halogens is 2. The van der Waals surface area contributed by atoms with Gasteiger partial charge in [0.1, 0.15) is 11.8 Å². The Labute approximate surface area is 135 Å². The minimum atomic E-state index is -0.260. The van der Waals surface area contributed by atoms with Crippen molar-refractivity contribution in [2.75, 3.05) is 11.9 Å². The van der Waals surface area contributed by atoms with E-state index in [0.717, 1.165) is 4.47 Å². The third-order valence-electron chi connectivity index (χ3n) is 2.54. The van der Waals surface area contributed by atoms with E-state index in [9.17, 15) is 4.79 Å². The molecule has 0 radical (unpaired) electrons. The normalized spacial score (nSPS) is 9.76. The summed E-state index contributed by atoms with van der Waals surface area (Å²) < 4.78 is 5.87. The van der Waals surface area contributed by atoms with Gasteiger partial charge in [0.15, 0.2) is 6.61 Å². The number of amides is 1. The van der Waals surface area contributed by atoms with E-state index in [1.54, 1.807) is 42.5 Å². The van der Waals surface area contributed by atoms with Crippen LogP contribution in [0, 0.1) is 11.3 Å². The van der Waals surface area contributed by atoms with Gasteiger partial charge in [0, 0.05) is 20.7 Å². The molecule has 0 unspecified atom stereocenters. The number of hydrogen-bond donors (Lipinski definition) is 1. The Hall–Kier alpha value is -2.03. The van der Waals surface area contributed by atoms with E-state index in [4.69, 9.17) is 21.6 Å². The molecule has 6 heteroatoms. The molecule has 2 aromatic rings. The number of nitrogens with zero attached hydrogens (tertiary/aromatic N) is 1. The molecule has 0 aliphatic rings. The zero-order chi connectivity index (χ0) is 15.2. The predicted octanol–water partition coefficient (Wildman–Crippen LogP) is 4.26. The van der Waals surface area contributed by atoms with E-state index in [0.29, 0.717) is 22.0 Å². The lowest BCUT2D eigenvalue weighted by Crippen LogP contribution is -2.11. The standard InChI is InChI=1S/C15H10BrClN2O2/c16-11-7-10(8-12(17)9-11)15(20)19-13-1-3-14(4-2-13)21-6-5-18/h1-4,7-9H,6H2,(H,19,20). The predicted molar refractivity (Wildman–Crippen MR) is 84.7 cm³/mol. The lowest BCUT2D eigenvalue weighted by molar-refractivity contribution is 0.102. The molecule has 4 nitrogen and oxygen atoms in total. The summed E-state index contributed by atoms with van der Waals surface area (Å²) in [7, 11) is 0. The summed E-state index contributed by atoms with van der Waals surface area (Å²) in [4.78, 5) is 12.1. The van der Waals surface area contributed by atoms with Gasteiger partial charge in [0.05, 0.1) is 0 Å². The van der Waals surface area contributed by atoms with Crippen LogP contribution in [0.4, 0.5) is 5.69 Å². The maximum atomic E-state index is 12.1. The summed E-state index contributed by atoms with van der Waals surface area (Å²) in [6.45, 7) is -0.0117. The van der Waals surface area contributed by atoms with Crippen molar-refractivity contribution in [3.05, 3.63) is 57.5 Å². The number of carbonyl (C=O) groups excluding carboxylic acids is 1. The van der Waals surface area contributed by atoms with Gasteiger partial charge in [-0.25, -0.2) is 0 Å². The first kappa shape index (κ1) is 15.4. The van der Waals surface area contributed by atoms with Gasteiger partial charge >= 0.3 is 0 Å². The van der Waals surface area contributed by atoms with Crippen molar-refractivity contribution in [3.63, 3.8) is 0 Å². The SMILES string of the molecule is N#CCOc1ccc(NC(=O)c2cc(Cl)cc(Br)c2)cc1. The molecule has 0 aliphatic heterocycles. The second kappa shape index (κ2) is 7.11. The van der Waals surface area contributed by atoms with E-state index >= 15 is 0 Å². The van der Waals surface area contributed by atoms with E-state index in [2.05, 4.69) is 21.2 Å². The van der Waals surface area contributed by atoms with Gasteiger partial charge in [-0.3, -0.25) is 4.79 Å². The van der Waals surface area contributed by atoms with Gasteiger partial charge in [-0.1, -0.05) is 27.5 Å². The molecule has 2 aromatic carbocycles. The quantitative estimate of drug-likeness (QED) is 0.880. The van der Waals surface area contributed by atoms with Crippen molar-refractivity contribution >= 4 is 39.1 Å². The number of anilines is 1. The Balaban J connectivity index is 2.07. The molecule has 0 bridgehead atoms. The molecule has 106 valence electrons. The zero-order valence-electron chi connectivity index (χ0n) is 10.8. The van der Waals surface area contributed by atoms with Crippen LogP contribution in [0.3, 0.4) is 0 Å². The highest BCUT2D eigenvalue weighted by Gasteiger charge is 2.08. The molecule has 0 saturated heterocycles. The van der Waals surface area contributed by atoms with Crippen molar-refractivity contribution in [1.29, 1.82) is 5.26 Å². The summed E-state index contributed by atoms with van der Waals surface area (Å²) in [6, 6.07) is 13.6. The van der Waals surface area contributed by atoms with Gasteiger partial charge < -0.3 is 10.1 Å². The summed E-state index contributed by atoms with van der Waals surface area (Å²) in [5, 5.41) is 11.7. The largest absolute Gasteiger partial charge is 0.479 e. The fraction of sp³-hybridized carbons (Fsp3) is 0.0667. The topological polar surface area (TPSA) is 62.1 Å². The molecule has 0 aromatic heterocycles. The van der Waals surface area contributed by atoms with Crippen molar-refractivity contribution in [1.82, 2.24) is 0 Å². The van der Waals surface area contributed by atoms with Gasteiger partial charge in [-0.05, 0) is 42.5 Å². The van der Waals surface area contributed by atoms with Crippen LogP contribution in [0.15, 0.2) is 46.9 Å². The van der Waals surface area contributed by atoms with Gasteiger partial charge in [-0.2, -0.15) is 5.26 Å². The van der Waals surface area contributed by atoms with Crippen LogP contribution in [-0.4, -0.2) is 12.5 Å². The third-order valence-corrected chi connectivity index (χ3v) is 3.22. The fourth-order valence-corrected chi connectivity index (χ4v) is 2.50. The Bertz CT molecular complexity index is 676. The average molecular weight is 366 g/mol. The van der Waals surface area contributed by atoms with E-state index in [1.165, 1.54) is 0 Å². The molecule has 0 aliphatic carbocycles. The van der Waals surface area contributed by atoms with Crippen LogP contribution in [0.25, 0.3) is 0 Å². The van der Waals surface area contributed by atoms with Crippen molar-refractivity contribution in [3.8, 4) is 11.8 Å². The molecule has 21 heavy (non-hydrogen) atoms. The zero-order valence-corrected chi connectivity index (χ0v) is 13.1. The lowest BCUT2D eigenvalue weighted by atomic mass is 10.2. The van der Waals surface area contributed by atoms with Crippen LogP contribution in [0.5, 0.6) is 5.75 Å². The minimum Gasteiger partial charge on any atom is -0.479 e. The Kier molecular flexibility index (Phi) is 5.20. The highest BCUT2D eigenvalue weighted by molar-refractivity contribution is 9.10. The Morgan fingerprint density at radius 1 is 1.29 bits per heavy atom. The minimum absolute atomic E-state index is 0.0117. The first-order chi connectivity index (χ1) is 10.1. The van der Waals surface area contributed by atoms with Crippen LogP contribution in [0.2, 0.25) is 5.02 Å². The molecule has 1 amide bonds. The third kappa shape index (κ3) is 4.48. The van der Waals surface area contributed by atoms with E-state index < -0.39 is 0 Å². The molecule has 0 heterocycles. The number of rotatable bonds is 4. The first-order valence-corrected chi connectivity index (χ1v) is 7.13. The number of nitriles is 1. The number of carbonyl (C=O) groups is 1. The lowest BCUT2D eigenvalue weighted by Gasteiger charge is -2.07.